The highest BCUT2D eigenvalue weighted by molar-refractivity contribution is 5.76. The van der Waals surface area contributed by atoms with Gasteiger partial charge >= 0.3 is 6.03 Å². The van der Waals surface area contributed by atoms with Gasteiger partial charge in [0, 0.05) is 45.5 Å². The van der Waals surface area contributed by atoms with Crippen molar-refractivity contribution in [2.75, 3.05) is 20.1 Å². The van der Waals surface area contributed by atoms with Gasteiger partial charge in [0.25, 0.3) is 0 Å². The maximum absolute atomic E-state index is 12.0. The van der Waals surface area contributed by atoms with E-state index < -0.39 is 0 Å². The van der Waals surface area contributed by atoms with Crippen molar-refractivity contribution in [2.24, 2.45) is 5.92 Å². The van der Waals surface area contributed by atoms with E-state index in [1.165, 1.54) is 32.1 Å². The lowest BCUT2D eigenvalue weighted by Gasteiger charge is -2.21. The Balaban J connectivity index is 1.57. The Kier molecular flexibility index (Phi) is 7.52. The summed E-state index contributed by atoms with van der Waals surface area (Å²) in [7, 11) is 1.75. The van der Waals surface area contributed by atoms with Gasteiger partial charge in [0.15, 0.2) is 0 Å². The molecule has 0 atom stereocenters. The molecular formula is C18H28N4O2. The molecule has 24 heavy (non-hydrogen) atoms. The van der Waals surface area contributed by atoms with Crippen molar-refractivity contribution >= 4 is 11.9 Å². The third kappa shape index (κ3) is 6.56. The molecule has 1 aromatic rings. The molecule has 1 heterocycles. The lowest BCUT2D eigenvalue weighted by molar-refractivity contribution is -0.122. The molecule has 2 N–H and O–H groups in total. The third-order valence-corrected chi connectivity index (χ3v) is 4.44. The first-order valence-corrected chi connectivity index (χ1v) is 8.79. The Bertz CT molecular complexity index is 515. The van der Waals surface area contributed by atoms with Crippen molar-refractivity contribution in [2.45, 2.75) is 45.1 Å². The van der Waals surface area contributed by atoms with Crippen LogP contribution in [0.15, 0.2) is 24.5 Å². The molecule has 1 fully saturated rings. The van der Waals surface area contributed by atoms with Crippen LogP contribution in [0, 0.1) is 5.92 Å². The number of carbonyl (C=O) groups excluding carboxylic acids is 2. The maximum Gasteiger partial charge on any atom is 0.317 e. The monoisotopic (exact) mass is 332 g/mol. The van der Waals surface area contributed by atoms with Crippen molar-refractivity contribution < 1.29 is 9.59 Å². The number of hydrogen-bond donors (Lipinski definition) is 2. The summed E-state index contributed by atoms with van der Waals surface area (Å²) >= 11 is 0. The lowest BCUT2D eigenvalue weighted by atomic mass is 9.87. The molecule has 0 unspecified atom stereocenters. The van der Waals surface area contributed by atoms with Crippen LogP contribution in [0.25, 0.3) is 0 Å². The zero-order valence-corrected chi connectivity index (χ0v) is 14.5. The minimum Gasteiger partial charge on any atom is -0.354 e. The smallest absolute Gasteiger partial charge is 0.317 e. The number of aromatic nitrogens is 1. The fourth-order valence-electron chi connectivity index (χ4n) is 3.07. The quantitative estimate of drug-likeness (QED) is 0.753. The highest BCUT2D eigenvalue weighted by atomic mass is 16.2. The van der Waals surface area contributed by atoms with Gasteiger partial charge in [0.1, 0.15) is 0 Å². The van der Waals surface area contributed by atoms with E-state index in [9.17, 15) is 9.59 Å². The third-order valence-electron chi connectivity index (χ3n) is 4.44. The van der Waals surface area contributed by atoms with E-state index in [1.54, 1.807) is 24.3 Å². The van der Waals surface area contributed by atoms with E-state index in [2.05, 4.69) is 15.6 Å². The molecule has 0 aliphatic heterocycles. The van der Waals surface area contributed by atoms with Crippen LogP contribution in [0.2, 0.25) is 0 Å². The molecule has 2 rings (SSSR count). The molecule has 6 nitrogen and oxygen atoms in total. The summed E-state index contributed by atoms with van der Waals surface area (Å²) in [5.74, 6) is 0.640. The van der Waals surface area contributed by atoms with Gasteiger partial charge in [-0.05, 0) is 36.5 Å². The average Bonchev–Trinajstić information content (AvgIpc) is 2.60. The first kappa shape index (κ1) is 18.2. The molecule has 0 spiro atoms. The van der Waals surface area contributed by atoms with Gasteiger partial charge in [-0.25, -0.2) is 4.79 Å². The van der Waals surface area contributed by atoms with Crippen molar-refractivity contribution in [3.8, 4) is 0 Å². The Morgan fingerprint density at radius 1 is 1.12 bits per heavy atom. The Morgan fingerprint density at radius 3 is 2.50 bits per heavy atom. The summed E-state index contributed by atoms with van der Waals surface area (Å²) < 4.78 is 0. The molecule has 1 aliphatic carbocycles. The van der Waals surface area contributed by atoms with Crippen molar-refractivity contribution in [1.29, 1.82) is 0 Å². The number of rotatable bonds is 7. The predicted molar refractivity (Wildman–Crippen MR) is 93.3 cm³/mol. The molecule has 0 saturated heterocycles. The number of urea groups is 1. The summed E-state index contributed by atoms with van der Waals surface area (Å²) in [5, 5.41) is 5.71. The van der Waals surface area contributed by atoms with Crippen molar-refractivity contribution in [3.05, 3.63) is 30.1 Å². The number of carbonyl (C=O) groups is 2. The average molecular weight is 332 g/mol. The molecule has 3 amide bonds. The number of amides is 3. The van der Waals surface area contributed by atoms with Gasteiger partial charge in [-0.1, -0.05) is 19.3 Å². The second kappa shape index (κ2) is 9.90. The van der Waals surface area contributed by atoms with Crippen LogP contribution in [-0.4, -0.2) is 42.0 Å². The number of nitrogens with one attached hydrogen (secondary N) is 2. The van der Waals surface area contributed by atoms with Gasteiger partial charge in [0.2, 0.25) is 5.91 Å². The van der Waals surface area contributed by atoms with Crippen LogP contribution < -0.4 is 10.6 Å². The van der Waals surface area contributed by atoms with Crippen LogP contribution in [-0.2, 0) is 11.3 Å². The normalized spacial score (nSPS) is 14.9. The fraction of sp³-hybridized carbons (Fsp3) is 0.611. The first-order valence-electron chi connectivity index (χ1n) is 8.79. The molecule has 132 valence electrons. The summed E-state index contributed by atoms with van der Waals surface area (Å²) in [6, 6.07) is 3.62. The second-order valence-corrected chi connectivity index (χ2v) is 6.50. The van der Waals surface area contributed by atoms with Gasteiger partial charge in [-0.3, -0.25) is 9.78 Å². The van der Waals surface area contributed by atoms with Gasteiger partial charge in [-0.2, -0.15) is 0 Å². The zero-order valence-electron chi connectivity index (χ0n) is 14.5. The van der Waals surface area contributed by atoms with Crippen molar-refractivity contribution in [3.63, 3.8) is 0 Å². The van der Waals surface area contributed by atoms with Crippen LogP contribution in [0.5, 0.6) is 0 Å². The zero-order chi connectivity index (χ0) is 17.2. The van der Waals surface area contributed by atoms with E-state index >= 15 is 0 Å². The minimum absolute atomic E-state index is 0.0984. The van der Waals surface area contributed by atoms with E-state index in [1.807, 2.05) is 12.1 Å². The molecule has 6 heteroatoms. The largest absolute Gasteiger partial charge is 0.354 e. The van der Waals surface area contributed by atoms with E-state index in [0.29, 0.717) is 32.0 Å². The minimum atomic E-state index is -0.145. The van der Waals surface area contributed by atoms with E-state index in [4.69, 9.17) is 0 Å². The molecule has 1 aliphatic rings. The molecule has 0 aromatic carbocycles. The number of hydrogen-bond acceptors (Lipinski definition) is 3. The van der Waals surface area contributed by atoms with Crippen LogP contribution in [0.4, 0.5) is 4.79 Å². The summed E-state index contributed by atoms with van der Waals surface area (Å²) in [6.45, 7) is 1.44. The van der Waals surface area contributed by atoms with Crippen molar-refractivity contribution in [1.82, 2.24) is 20.5 Å². The van der Waals surface area contributed by atoms with Gasteiger partial charge < -0.3 is 15.5 Å². The van der Waals surface area contributed by atoms with Crippen LogP contribution in [0.3, 0.4) is 0 Å². The second-order valence-electron chi connectivity index (χ2n) is 6.50. The molecular weight excluding hydrogens is 304 g/mol. The first-order chi connectivity index (χ1) is 11.6. The van der Waals surface area contributed by atoms with Crippen LogP contribution in [0.1, 0.15) is 44.1 Å². The van der Waals surface area contributed by atoms with Gasteiger partial charge in [-0.15, -0.1) is 0 Å². The Labute approximate surface area is 144 Å². The SMILES string of the molecule is CN(Cc1ccncc1)C(=O)NCCNC(=O)CC1CCCCC1. The summed E-state index contributed by atoms with van der Waals surface area (Å²) in [4.78, 5) is 29.5. The molecule has 1 saturated carbocycles. The van der Waals surface area contributed by atoms with E-state index in [0.717, 1.165) is 5.56 Å². The molecule has 1 aromatic heterocycles. The Morgan fingerprint density at radius 2 is 1.79 bits per heavy atom. The molecule has 0 radical (unpaired) electrons. The van der Waals surface area contributed by atoms with Crippen LogP contribution >= 0.6 is 0 Å². The van der Waals surface area contributed by atoms with Gasteiger partial charge in [0.05, 0.1) is 0 Å². The fourth-order valence-corrected chi connectivity index (χ4v) is 3.07. The summed E-state index contributed by atoms with van der Waals surface area (Å²) in [6.07, 6.45) is 10.2. The van der Waals surface area contributed by atoms with E-state index in [-0.39, 0.29) is 11.9 Å². The highest BCUT2D eigenvalue weighted by Gasteiger charge is 2.16. The predicted octanol–water partition coefficient (Wildman–Crippen LogP) is 2.31. The standard InChI is InChI=1S/C18H28N4O2/c1-22(14-16-7-9-19-10-8-16)18(24)21-12-11-20-17(23)13-15-5-3-2-4-6-15/h7-10,15H,2-6,11-14H2,1H3,(H,20,23)(H,21,24). The lowest BCUT2D eigenvalue weighted by Crippen LogP contribution is -2.41. The molecule has 0 bridgehead atoms. The summed E-state index contributed by atoms with van der Waals surface area (Å²) in [5.41, 5.74) is 1.03. The number of pyridine rings is 1. The Hall–Kier alpha value is -2.11. The maximum atomic E-state index is 12.0. The topological polar surface area (TPSA) is 74.3 Å². The number of nitrogens with zero attached hydrogens (tertiary/aromatic N) is 2. The highest BCUT2D eigenvalue weighted by Crippen LogP contribution is 2.25.